The highest BCUT2D eigenvalue weighted by molar-refractivity contribution is 6.06. The van der Waals surface area contributed by atoms with Crippen molar-refractivity contribution in [1.82, 2.24) is 5.32 Å². The van der Waals surface area contributed by atoms with Gasteiger partial charge in [0.15, 0.2) is 0 Å². The first kappa shape index (κ1) is 26.3. The number of nitrogens with one attached hydrogen (secondary N) is 1. The van der Waals surface area contributed by atoms with E-state index in [1.807, 2.05) is 92.7 Å². The molecule has 0 saturated heterocycles. The normalized spacial score (nSPS) is 11.4. The predicted molar refractivity (Wildman–Crippen MR) is 148 cm³/mol. The molecule has 0 radical (unpaired) electrons. The fourth-order valence-electron chi connectivity index (χ4n) is 4.18. The Balaban J connectivity index is 1.57. The van der Waals surface area contributed by atoms with Gasteiger partial charge in [0.05, 0.1) is 23.9 Å². The number of carbonyl (C=O) groups excluding carboxylic acids is 2. The van der Waals surface area contributed by atoms with Gasteiger partial charge in [-0.25, -0.2) is 0 Å². The molecule has 4 rings (SSSR count). The number of non-ortho nitro benzene ring substituents is 1. The molecule has 0 aliphatic carbocycles. The van der Waals surface area contributed by atoms with E-state index in [9.17, 15) is 19.7 Å². The smallest absolute Gasteiger partial charge is 0.269 e. The van der Waals surface area contributed by atoms with Gasteiger partial charge in [0.1, 0.15) is 0 Å². The Morgan fingerprint density at radius 3 is 2.21 bits per heavy atom. The molecule has 0 saturated carbocycles. The van der Waals surface area contributed by atoms with Gasteiger partial charge in [0, 0.05) is 23.4 Å². The van der Waals surface area contributed by atoms with Gasteiger partial charge < -0.3 is 10.2 Å². The summed E-state index contributed by atoms with van der Waals surface area (Å²) >= 11 is 0. The van der Waals surface area contributed by atoms with E-state index < -0.39 is 4.92 Å². The maximum atomic E-state index is 13.6. The first-order valence-corrected chi connectivity index (χ1v) is 12.4. The van der Waals surface area contributed by atoms with Gasteiger partial charge in [-0.2, -0.15) is 0 Å². The molecule has 7 heteroatoms. The molecule has 4 aromatic carbocycles. The minimum atomic E-state index is -0.495. The lowest BCUT2D eigenvalue weighted by Gasteiger charge is -2.24. The molecule has 0 unspecified atom stereocenters. The predicted octanol–water partition coefficient (Wildman–Crippen LogP) is 6.17. The lowest BCUT2D eigenvalue weighted by molar-refractivity contribution is -0.384. The van der Waals surface area contributed by atoms with Gasteiger partial charge in [-0.15, -0.1) is 0 Å². The van der Waals surface area contributed by atoms with E-state index in [0.717, 1.165) is 22.3 Å². The molecule has 1 N–H and O–H groups in total. The number of hydrogen-bond acceptors (Lipinski definition) is 4. The number of anilines is 1. The number of nitro groups is 1. The van der Waals surface area contributed by atoms with Crippen molar-refractivity contribution >= 4 is 23.2 Å². The highest BCUT2D eigenvalue weighted by atomic mass is 16.6. The van der Waals surface area contributed by atoms with Crippen molar-refractivity contribution in [2.75, 3.05) is 4.90 Å². The van der Waals surface area contributed by atoms with Crippen molar-refractivity contribution < 1.29 is 14.5 Å². The van der Waals surface area contributed by atoms with Crippen LogP contribution in [0.25, 0.3) is 0 Å². The van der Waals surface area contributed by atoms with Crippen LogP contribution in [0.5, 0.6) is 0 Å². The third kappa shape index (κ3) is 6.70. The van der Waals surface area contributed by atoms with Gasteiger partial charge in [-0.3, -0.25) is 19.7 Å². The Hall–Kier alpha value is -4.78. The van der Waals surface area contributed by atoms with Crippen molar-refractivity contribution in [2.45, 2.75) is 32.9 Å². The number of nitro benzene ring substituents is 1. The van der Waals surface area contributed by atoms with Crippen LogP contribution in [0.1, 0.15) is 45.6 Å². The second-order valence-electron chi connectivity index (χ2n) is 9.23. The first-order chi connectivity index (χ1) is 18.3. The lowest BCUT2D eigenvalue weighted by atomic mass is 10.1. The van der Waals surface area contributed by atoms with Crippen LogP contribution in [0.3, 0.4) is 0 Å². The van der Waals surface area contributed by atoms with Crippen LogP contribution in [0, 0.1) is 17.0 Å². The average molecular weight is 508 g/mol. The molecular formula is C31H29N3O4. The third-order valence-corrected chi connectivity index (χ3v) is 6.30. The second-order valence-corrected chi connectivity index (χ2v) is 9.23. The quantitative estimate of drug-likeness (QED) is 0.217. The van der Waals surface area contributed by atoms with Gasteiger partial charge in [-0.05, 0) is 54.8 Å². The largest absolute Gasteiger partial charge is 0.349 e. The van der Waals surface area contributed by atoms with Crippen molar-refractivity contribution in [3.63, 3.8) is 0 Å². The SMILES string of the molecule is Cc1ccc(CN(C(=O)c2ccc([N+](=O)[O-])cc2)c2cccc(CC(=O)N[C@H](C)c3ccccc3)c2)cc1. The number of hydrogen-bond donors (Lipinski definition) is 1. The van der Waals surface area contributed by atoms with Crippen LogP contribution in [-0.2, 0) is 17.8 Å². The number of carbonyl (C=O) groups is 2. The highest BCUT2D eigenvalue weighted by Gasteiger charge is 2.20. The fraction of sp³-hybridized carbons (Fsp3) is 0.161. The number of amides is 2. The second kappa shape index (κ2) is 12.0. The van der Waals surface area contributed by atoms with E-state index in [1.165, 1.54) is 24.3 Å². The maximum absolute atomic E-state index is 13.6. The van der Waals surface area contributed by atoms with E-state index in [2.05, 4.69) is 5.32 Å². The summed E-state index contributed by atoms with van der Waals surface area (Å²) in [4.78, 5) is 38.6. The van der Waals surface area contributed by atoms with Gasteiger partial charge in [-0.1, -0.05) is 72.3 Å². The Morgan fingerprint density at radius 1 is 0.868 bits per heavy atom. The minimum Gasteiger partial charge on any atom is -0.349 e. The summed E-state index contributed by atoms with van der Waals surface area (Å²) in [7, 11) is 0. The molecule has 0 aromatic heterocycles. The van der Waals surface area contributed by atoms with E-state index in [4.69, 9.17) is 0 Å². The maximum Gasteiger partial charge on any atom is 0.269 e. The molecule has 38 heavy (non-hydrogen) atoms. The number of benzene rings is 4. The zero-order valence-corrected chi connectivity index (χ0v) is 21.3. The van der Waals surface area contributed by atoms with Crippen molar-refractivity contribution in [3.8, 4) is 0 Å². The van der Waals surface area contributed by atoms with Crippen LogP contribution in [-0.4, -0.2) is 16.7 Å². The monoisotopic (exact) mass is 507 g/mol. The molecule has 0 fully saturated rings. The summed E-state index contributed by atoms with van der Waals surface area (Å²) in [5.41, 5.74) is 4.73. The number of aryl methyl sites for hydroxylation is 1. The lowest BCUT2D eigenvalue weighted by Crippen LogP contribution is -2.31. The molecule has 0 heterocycles. The van der Waals surface area contributed by atoms with E-state index in [1.54, 1.807) is 4.90 Å². The fourth-order valence-corrected chi connectivity index (χ4v) is 4.18. The summed E-state index contributed by atoms with van der Waals surface area (Å²) in [5.74, 6) is -0.412. The number of rotatable bonds is 9. The van der Waals surface area contributed by atoms with Gasteiger partial charge in [0.2, 0.25) is 5.91 Å². The Labute approximate surface area is 221 Å². The first-order valence-electron chi connectivity index (χ1n) is 12.4. The van der Waals surface area contributed by atoms with Gasteiger partial charge >= 0.3 is 0 Å². The van der Waals surface area contributed by atoms with E-state index in [-0.39, 0.29) is 30.0 Å². The molecule has 0 bridgehead atoms. The summed E-state index contributed by atoms with van der Waals surface area (Å²) in [5, 5.41) is 14.1. The molecule has 192 valence electrons. The molecule has 0 aliphatic rings. The van der Waals surface area contributed by atoms with Gasteiger partial charge in [0.25, 0.3) is 11.6 Å². The van der Waals surface area contributed by atoms with Crippen molar-refractivity contribution in [1.29, 1.82) is 0 Å². The molecule has 7 nitrogen and oxygen atoms in total. The average Bonchev–Trinajstić information content (AvgIpc) is 2.93. The standard InChI is InChI=1S/C31H29N3O4/c1-22-11-13-24(14-12-22)21-33(31(36)27-15-17-28(18-16-27)34(37)38)29-10-6-7-25(19-29)20-30(35)32-23(2)26-8-4-3-5-9-26/h3-19,23H,20-21H2,1-2H3,(H,32,35)/t23-/m1/s1. The topological polar surface area (TPSA) is 92.6 Å². The Bertz CT molecular complexity index is 1420. The van der Waals surface area contributed by atoms with Crippen LogP contribution in [0.4, 0.5) is 11.4 Å². The molecule has 0 spiro atoms. The summed E-state index contributed by atoms with van der Waals surface area (Å²) in [6, 6.07) is 30.4. The molecule has 4 aromatic rings. The van der Waals surface area contributed by atoms with Crippen LogP contribution >= 0.6 is 0 Å². The minimum absolute atomic E-state index is 0.0793. The highest BCUT2D eigenvalue weighted by Crippen LogP contribution is 2.24. The van der Waals surface area contributed by atoms with E-state index in [0.29, 0.717) is 17.8 Å². The molecule has 0 aliphatic heterocycles. The van der Waals surface area contributed by atoms with Crippen molar-refractivity contribution in [3.05, 3.63) is 141 Å². The zero-order chi connectivity index (χ0) is 27.1. The molecule has 1 atom stereocenters. The van der Waals surface area contributed by atoms with Crippen molar-refractivity contribution in [2.24, 2.45) is 0 Å². The summed E-state index contributed by atoms with van der Waals surface area (Å²) < 4.78 is 0. The van der Waals surface area contributed by atoms with Crippen LogP contribution in [0.15, 0.2) is 103 Å². The van der Waals surface area contributed by atoms with Crippen LogP contribution < -0.4 is 10.2 Å². The van der Waals surface area contributed by atoms with E-state index >= 15 is 0 Å². The Kier molecular flexibility index (Phi) is 8.28. The third-order valence-electron chi connectivity index (χ3n) is 6.30. The molecule has 2 amide bonds. The van der Waals surface area contributed by atoms with Crippen LogP contribution in [0.2, 0.25) is 0 Å². The molecular weight excluding hydrogens is 478 g/mol. The summed E-state index contributed by atoms with van der Waals surface area (Å²) in [6.07, 6.45) is 0.162. The zero-order valence-electron chi connectivity index (χ0n) is 21.3. The summed E-state index contributed by atoms with van der Waals surface area (Å²) in [6.45, 7) is 4.24. The number of nitrogens with zero attached hydrogens (tertiary/aromatic N) is 2. The Morgan fingerprint density at radius 2 is 1.55 bits per heavy atom.